The van der Waals surface area contributed by atoms with Crippen molar-refractivity contribution >= 4 is 51.7 Å². The molecule has 0 unspecified atom stereocenters. The fourth-order valence-corrected chi connectivity index (χ4v) is 7.94. The first-order chi connectivity index (χ1) is 19.8. The first kappa shape index (κ1) is 27.4. The average molecular weight is 608 g/mol. The van der Waals surface area contributed by atoms with Crippen LogP contribution in [0.1, 0.15) is 59.4 Å². The first-order valence-electron chi connectivity index (χ1n) is 13.7. The number of carbonyl (C=O) groups excluding carboxylic acids is 2. The maximum atomic E-state index is 16.1. The van der Waals surface area contributed by atoms with Crippen LogP contribution in [0.2, 0.25) is 10.0 Å². The Hall–Kier alpha value is -3.46. The number of aromatic nitrogens is 2. The lowest BCUT2D eigenvalue weighted by Gasteiger charge is -2.40. The molecule has 4 aliphatic rings. The minimum absolute atomic E-state index is 0. The number of esters is 1. The molecule has 1 aliphatic carbocycles. The molecule has 4 aromatic rings. The summed E-state index contributed by atoms with van der Waals surface area (Å²) in [7, 11) is 1.36. The van der Waals surface area contributed by atoms with Gasteiger partial charge in [-0.3, -0.25) is 14.4 Å². The Bertz CT molecular complexity index is 1800. The van der Waals surface area contributed by atoms with E-state index >= 15 is 4.39 Å². The Morgan fingerprint density at radius 2 is 1.98 bits per heavy atom. The standard InChI is InChI=1S/C31H25Cl2FN4O3.CH4/c1-41-29(39)16-7-10-22-19(11-16)24-13-25-28(38(24)36-22)26(18-3-2-4-21(33)27(18)34)31(37(25)14-15-5-6-15)20-9-8-17(32)12-23(20)35-30(31)40;/h2-4,7-12,15,25-26,28H,5-6,13-14H2,1H3,(H,35,40);1H4/t25-,26-,28+,31+;/m0./s1. The van der Waals surface area contributed by atoms with E-state index in [2.05, 4.69) is 10.2 Å². The molecule has 4 atom stereocenters. The van der Waals surface area contributed by atoms with Gasteiger partial charge in [0.1, 0.15) is 11.4 Å². The summed E-state index contributed by atoms with van der Waals surface area (Å²) in [5.41, 5.74) is 2.76. The Morgan fingerprint density at radius 1 is 1.17 bits per heavy atom. The predicted octanol–water partition coefficient (Wildman–Crippen LogP) is 6.73. The second kappa shape index (κ2) is 9.53. The zero-order chi connectivity index (χ0) is 28.2. The second-order valence-corrected chi connectivity index (χ2v) is 12.3. The van der Waals surface area contributed by atoms with Crippen LogP contribution >= 0.6 is 23.2 Å². The normalized spacial score (nSPS) is 25.7. The number of benzene rings is 3. The van der Waals surface area contributed by atoms with Crippen LogP contribution in [0, 0.1) is 11.7 Å². The Morgan fingerprint density at radius 3 is 2.74 bits per heavy atom. The zero-order valence-corrected chi connectivity index (χ0v) is 23.5. The van der Waals surface area contributed by atoms with Gasteiger partial charge >= 0.3 is 5.97 Å². The zero-order valence-electron chi connectivity index (χ0n) is 22.0. The number of amides is 1. The van der Waals surface area contributed by atoms with Crippen LogP contribution in [0.3, 0.4) is 0 Å². The molecule has 4 heterocycles. The number of methoxy groups -OCH3 is 1. The summed E-state index contributed by atoms with van der Waals surface area (Å²) in [5, 5.41) is 9.47. The molecule has 1 saturated carbocycles. The van der Waals surface area contributed by atoms with Crippen LogP contribution in [0.4, 0.5) is 10.1 Å². The van der Waals surface area contributed by atoms with E-state index in [9.17, 15) is 9.59 Å². The Labute approximate surface area is 252 Å². The van der Waals surface area contributed by atoms with Crippen molar-refractivity contribution < 1.29 is 18.7 Å². The molecule has 1 amide bonds. The summed E-state index contributed by atoms with van der Waals surface area (Å²) in [6.45, 7) is 0.700. The summed E-state index contributed by atoms with van der Waals surface area (Å²) in [6.07, 6.45) is 2.77. The molecule has 42 heavy (non-hydrogen) atoms. The minimum atomic E-state index is -1.18. The van der Waals surface area contributed by atoms with E-state index in [0.29, 0.717) is 40.7 Å². The van der Waals surface area contributed by atoms with E-state index in [1.54, 1.807) is 30.3 Å². The maximum Gasteiger partial charge on any atom is 0.337 e. The van der Waals surface area contributed by atoms with Crippen molar-refractivity contribution in [1.29, 1.82) is 0 Å². The molecule has 1 N–H and O–H groups in total. The van der Waals surface area contributed by atoms with Gasteiger partial charge < -0.3 is 10.1 Å². The number of hydrogen-bond donors (Lipinski definition) is 1. The van der Waals surface area contributed by atoms with Crippen molar-refractivity contribution in [3.63, 3.8) is 0 Å². The van der Waals surface area contributed by atoms with Gasteiger partial charge in [0.15, 0.2) is 0 Å². The molecule has 7 nitrogen and oxygen atoms in total. The third-order valence-electron chi connectivity index (χ3n) is 9.40. The van der Waals surface area contributed by atoms with Crippen molar-refractivity contribution in [2.75, 3.05) is 19.0 Å². The predicted molar refractivity (Wildman–Crippen MR) is 160 cm³/mol. The largest absolute Gasteiger partial charge is 0.465 e. The molecule has 1 aromatic heterocycles. The van der Waals surface area contributed by atoms with Gasteiger partial charge in [-0.25, -0.2) is 9.18 Å². The topological polar surface area (TPSA) is 76.5 Å². The van der Waals surface area contributed by atoms with E-state index in [-0.39, 0.29) is 30.4 Å². The second-order valence-electron chi connectivity index (χ2n) is 11.5. The number of likely N-dealkylation sites (tertiary alicyclic amines) is 1. The van der Waals surface area contributed by atoms with Gasteiger partial charge in [-0.05, 0) is 60.7 Å². The molecule has 0 radical (unpaired) electrons. The molecular formula is C32H29Cl2FN4O3. The molecule has 0 bridgehead atoms. The lowest BCUT2D eigenvalue weighted by molar-refractivity contribution is -0.128. The van der Waals surface area contributed by atoms with Crippen molar-refractivity contribution in [3.05, 3.63) is 92.8 Å². The van der Waals surface area contributed by atoms with Gasteiger partial charge in [0, 0.05) is 52.3 Å². The number of carbonyl (C=O) groups is 2. The minimum Gasteiger partial charge on any atom is -0.465 e. The van der Waals surface area contributed by atoms with E-state index in [1.165, 1.54) is 13.2 Å². The molecule has 10 heteroatoms. The molecule has 3 aliphatic heterocycles. The van der Waals surface area contributed by atoms with Crippen LogP contribution in [0.5, 0.6) is 0 Å². The molecule has 3 aromatic carbocycles. The van der Waals surface area contributed by atoms with Crippen LogP contribution in [-0.4, -0.2) is 46.3 Å². The highest BCUT2D eigenvalue weighted by atomic mass is 35.5. The fraction of sp³-hybridized carbons (Fsp3) is 0.344. The number of ether oxygens (including phenoxy) is 1. The number of nitrogens with zero attached hydrogens (tertiary/aromatic N) is 3. The quantitative estimate of drug-likeness (QED) is 0.261. The molecule has 216 valence electrons. The van der Waals surface area contributed by atoms with Crippen LogP contribution in [0.15, 0.2) is 54.6 Å². The first-order valence-corrected chi connectivity index (χ1v) is 14.5. The number of halogens is 3. The third-order valence-corrected chi connectivity index (χ3v) is 9.93. The summed E-state index contributed by atoms with van der Waals surface area (Å²) in [4.78, 5) is 29.0. The van der Waals surface area contributed by atoms with Crippen LogP contribution in [0.25, 0.3) is 10.9 Å². The molecule has 2 fully saturated rings. The average Bonchev–Trinajstić information content (AvgIpc) is 3.41. The number of anilines is 1. The van der Waals surface area contributed by atoms with Gasteiger partial charge in [-0.2, -0.15) is 5.10 Å². The van der Waals surface area contributed by atoms with Crippen molar-refractivity contribution in [2.45, 2.75) is 50.2 Å². The van der Waals surface area contributed by atoms with Gasteiger partial charge in [0.25, 0.3) is 0 Å². The van der Waals surface area contributed by atoms with Crippen LogP contribution in [-0.2, 0) is 21.5 Å². The van der Waals surface area contributed by atoms with Gasteiger partial charge in [-0.1, -0.05) is 48.8 Å². The summed E-state index contributed by atoms with van der Waals surface area (Å²) < 4.78 is 23.0. The van der Waals surface area contributed by atoms with Gasteiger partial charge in [0.05, 0.1) is 29.3 Å². The van der Waals surface area contributed by atoms with E-state index in [0.717, 1.165) is 35.0 Å². The van der Waals surface area contributed by atoms with E-state index < -0.39 is 23.2 Å². The van der Waals surface area contributed by atoms with Gasteiger partial charge in [-0.15, -0.1) is 0 Å². The van der Waals surface area contributed by atoms with Crippen molar-refractivity contribution in [1.82, 2.24) is 14.7 Å². The maximum absolute atomic E-state index is 16.1. The van der Waals surface area contributed by atoms with E-state index in [1.807, 2.05) is 22.9 Å². The summed E-state index contributed by atoms with van der Waals surface area (Å²) in [5.74, 6) is -1.33. The number of nitrogens with one attached hydrogen (secondary N) is 1. The number of fused-ring (bicyclic) bond motifs is 7. The summed E-state index contributed by atoms with van der Waals surface area (Å²) in [6, 6.07) is 15.3. The highest BCUT2D eigenvalue weighted by molar-refractivity contribution is 6.31. The summed E-state index contributed by atoms with van der Waals surface area (Å²) >= 11 is 12.7. The SMILES string of the molecule is C.COC(=O)c1ccc2nn3c(c2c1)C[C@H]1[C@@H]3[C@H](c2cccc(Cl)c2F)[C@]2(C(=O)Nc3cc(Cl)ccc32)N1CC1CC1. The fourth-order valence-electron chi connectivity index (χ4n) is 7.59. The molecule has 1 spiro atoms. The Balaban J connectivity index is 0.00000288. The Kier molecular flexibility index (Phi) is 6.21. The van der Waals surface area contributed by atoms with Gasteiger partial charge in [0.2, 0.25) is 5.91 Å². The smallest absolute Gasteiger partial charge is 0.337 e. The lowest BCUT2D eigenvalue weighted by atomic mass is 9.73. The number of hydrogen-bond acceptors (Lipinski definition) is 5. The number of rotatable bonds is 4. The third kappa shape index (κ3) is 3.58. The highest BCUT2D eigenvalue weighted by Gasteiger charge is 2.69. The monoisotopic (exact) mass is 606 g/mol. The molecule has 8 rings (SSSR count). The molecule has 1 saturated heterocycles. The lowest BCUT2D eigenvalue weighted by Crippen LogP contribution is -2.53. The van der Waals surface area contributed by atoms with E-state index in [4.69, 9.17) is 33.0 Å². The highest BCUT2D eigenvalue weighted by Crippen LogP contribution is 2.64. The van der Waals surface area contributed by atoms with Crippen LogP contribution < -0.4 is 5.32 Å². The molecular weight excluding hydrogens is 578 g/mol. The van der Waals surface area contributed by atoms with Crippen molar-refractivity contribution in [3.8, 4) is 0 Å². The van der Waals surface area contributed by atoms with Crippen molar-refractivity contribution in [2.24, 2.45) is 5.92 Å².